The van der Waals surface area contributed by atoms with E-state index >= 15 is 0 Å². The van der Waals surface area contributed by atoms with E-state index in [4.69, 9.17) is 0 Å². The van der Waals surface area contributed by atoms with Crippen molar-refractivity contribution in [2.24, 2.45) is 5.92 Å². The summed E-state index contributed by atoms with van der Waals surface area (Å²) in [5, 5.41) is 0. The van der Waals surface area contributed by atoms with Crippen LogP contribution in [0.1, 0.15) is 40.5 Å². The second kappa shape index (κ2) is 7.44. The molecule has 1 heterocycles. The fourth-order valence-electron chi connectivity index (χ4n) is 2.28. The Balaban J connectivity index is 2.54. The first-order valence-corrected chi connectivity index (χ1v) is 10.9. The van der Waals surface area contributed by atoms with E-state index in [-0.39, 0.29) is 0 Å². The molecule has 1 rings (SSSR count). The van der Waals surface area contributed by atoms with Crippen LogP contribution in [-0.2, 0) is 0 Å². The van der Waals surface area contributed by atoms with Crippen molar-refractivity contribution >= 4 is 26.1 Å². The topological polar surface area (TPSA) is 23.6 Å². The molecule has 1 aliphatic heterocycles. The van der Waals surface area contributed by atoms with E-state index < -0.39 is 20.1 Å². The Kier molecular flexibility index (Phi) is 6.59. The van der Waals surface area contributed by atoms with Crippen LogP contribution in [0.5, 0.6) is 0 Å². The van der Waals surface area contributed by atoms with Gasteiger partial charge in [-0.1, -0.05) is 0 Å². The molecular weight excluding hydrogens is 327 g/mol. The van der Waals surface area contributed by atoms with Crippen LogP contribution in [0.25, 0.3) is 0 Å². The van der Waals surface area contributed by atoms with Crippen molar-refractivity contribution in [3.05, 3.63) is 0 Å². The number of rotatable bonds is 7. The van der Waals surface area contributed by atoms with E-state index in [9.17, 15) is 4.79 Å². The average molecular weight is 354 g/mol. The quantitative estimate of drug-likeness (QED) is 0.389. The molecule has 0 spiro atoms. The van der Waals surface area contributed by atoms with E-state index in [1.807, 2.05) is 0 Å². The number of alkyl halides is 2. The zero-order chi connectivity index (χ0) is 12.8. The molecule has 2 amide bonds. The van der Waals surface area contributed by atoms with Gasteiger partial charge in [-0.2, -0.15) is 0 Å². The van der Waals surface area contributed by atoms with Crippen molar-refractivity contribution in [3.8, 4) is 0 Å². The molecule has 0 aromatic heterocycles. The van der Waals surface area contributed by atoms with Gasteiger partial charge in [0, 0.05) is 0 Å². The summed E-state index contributed by atoms with van der Waals surface area (Å²) < 4.78 is 4.68. The Labute approximate surface area is 114 Å². The second-order valence-electron chi connectivity index (χ2n) is 4.46. The zero-order valence-corrected chi connectivity index (χ0v) is 13.9. The SMILES string of the molecule is CCC(CC)CN1CCN(I(CC)CC)C1=O. The van der Waals surface area contributed by atoms with Gasteiger partial charge < -0.3 is 0 Å². The summed E-state index contributed by atoms with van der Waals surface area (Å²) in [5.74, 6) is 0.685. The van der Waals surface area contributed by atoms with Gasteiger partial charge in [0.05, 0.1) is 0 Å². The molecule has 0 saturated carbocycles. The molecule has 0 unspecified atom stereocenters. The number of urea groups is 1. The predicted molar refractivity (Wildman–Crippen MR) is 82.8 cm³/mol. The Hall–Kier alpha value is -0.0000000000000000555. The molecule has 0 aromatic carbocycles. The predicted octanol–water partition coefficient (Wildman–Crippen LogP) is 3.62. The summed E-state index contributed by atoms with van der Waals surface area (Å²) in [4.78, 5) is 14.4. The average Bonchev–Trinajstić information content (AvgIpc) is 2.70. The number of halogens is 1. The van der Waals surface area contributed by atoms with Crippen LogP contribution in [-0.4, -0.2) is 42.5 Å². The van der Waals surface area contributed by atoms with Crippen LogP contribution in [0.15, 0.2) is 0 Å². The van der Waals surface area contributed by atoms with E-state index in [1.165, 1.54) is 21.7 Å². The number of carbonyl (C=O) groups is 1. The Bertz CT molecular complexity index is 240. The van der Waals surface area contributed by atoms with Gasteiger partial charge in [0.25, 0.3) is 0 Å². The van der Waals surface area contributed by atoms with Crippen LogP contribution in [0, 0.1) is 5.92 Å². The van der Waals surface area contributed by atoms with E-state index in [0.29, 0.717) is 11.9 Å². The van der Waals surface area contributed by atoms with E-state index in [1.54, 1.807) is 0 Å². The fraction of sp³-hybridized carbons (Fsp3) is 0.923. The van der Waals surface area contributed by atoms with Gasteiger partial charge in [-0.05, 0) is 0 Å². The van der Waals surface area contributed by atoms with Gasteiger partial charge in [0.2, 0.25) is 0 Å². The third-order valence-corrected chi connectivity index (χ3v) is 9.65. The van der Waals surface area contributed by atoms with Crippen LogP contribution in [0.4, 0.5) is 4.79 Å². The molecule has 0 aliphatic carbocycles. The minimum atomic E-state index is -1.14. The maximum absolute atomic E-state index is 12.3. The molecule has 3 nitrogen and oxygen atoms in total. The molecule has 0 bridgehead atoms. The first kappa shape index (κ1) is 15.1. The molecule has 0 radical (unpaired) electrons. The van der Waals surface area contributed by atoms with Crippen molar-refractivity contribution in [2.45, 2.75) is 40.5 Å². The molecule has 4 heteroatoms. The summed E-state index contributed by atoms with van der Waals surface area (Å²) in [7, 11) is 0. The first-order valence-electron chi connectivity index (χ1n) is 6.86. The standard InChI is InChI=1S/C13H27IN2O/c1-5-12(6-2)11-15-9-10-16(13(15)17)14(7-3)8-4/h12H,5-11H2,1-4H3. The van der Waals surface area contributed by atoms with Crippen molar-refractivity contribution in [1.29, 1.82) is 0 Å². The van der Waals surface area contributed by atoms with Gasteiger partial charge in [-0.25, -0.2) is 0 Å². The molecule has 1 fully saturated rings. The Morgan fingerprint density at radius 3 is 2.18 bits per heavy atom. The number of hydrogen-bond acceptors (Lipinski definition) is 1. The second-order valence-corrected chi connectivity index (χ2v) is 11.1. The summed E-state index contributed by atoms with van der Waals surface area (Å²) in [5.41, 5.74) is 0. The summed E-state index contributed by atoms with van der Waals surface area (Å²) in [6.45, 7) is 11.9. The van der Waals surface area contributed by atoms with Gasteiger partial charge in [-0.3, -0.25) is 0 Å². The van der Waals surface area contributed by atoms with Gasteiger partial charge in [-0.15, -0.1) is 0 Å². The van der Waals surface area contributed by atoms with Crippen LogP contribution in [0.3, 0.4) is 0 Å². The molecule has 0 N–H and O–H groups in total. The third kappa shape index (κ3) is 3.73. The number of amides is 2. The normalized spacial score (nSPS) is 17.2. The molecular formula is C13H27IN2O. The van der Waals surface area contributed by atoms with Crippen molar-refractivity contribution in [3.63, 3.8) is 0 Å². The third-order valence-electron chi connectivity index (χ3n) is 3.58. The molecule has 17 heavy (non-hydrogen) atoms. The summed E-state index contributed by atoms with van der Waals surface area (Å²) in [6, 6.07) is 0.339. The minimum absolute atomic E-state index is 0.339. The fourth-order valence-corrected chi connectivity index (χ4v) is 6.79. The Morgan fingerprint density at radius 2 is 1.71 bits per heavy atom. The van der Waals surface area contributed by atoms with Gasteiger partial charge in [0.15, 0.2) is 0 Å². The van der Waals surface area contributed by atoms with Crippen molar-refractivity contribution in [1.82, 2.24) is 8.01 Å². The van der Waals surface area contributed by atoms with Crippen LogP contribution >= 0.6 is 20.1 Å². The number of hydrogen-bond donors (Lipinski definition) is 0. The van der Waals surface area contributed by atoms with Gasteiger partial charge in [0.1, 0.15) is 0 Å². The van der Waals surface area contributed by atoms with Crippen molar-refractivity contribution in [2.75, 3.05) is 28.5 Å². The number of carbonyl (C=O) groups excluding carboxylic acids is 1. The van der Waals surface area contributed by atoms with Crippen molar-refractivity contribution < 1.29 is 4.79 Å². The van der Waals surface area contributed by atoms with E-state index in [2.05, 4.69) is 35.7 Å². The maximum atomic E-state index is 12.3. The molecule has 1 saturated heterocycles. The van der Waals surface area contributed by atoms with E-state index in [0.717, 1.165) is 19.6 Å². The summed E-state index contributed by atoms with van der Waals surface area (Å²) in [6.07, 6.45) is 2.37. The van der Waals surface area contributed by atoms with Crippen LogP contribution in [0.2, 0.25) is 0 Å². The monoisotopic (exact) mass is 354 g/mol. The molecule has 0 atom stereocenters. The zero-order valence-electron chi connectivity index (χ0n) is 11.7. The summed E-state index contributed by atoms with van der Waals surface area (Å²) >= 11 is -1.14. The van der Waals surface area contributed by atoms with Gasteiger partial charge >= 0.3 is 114 Å². The molecule has 102 valence electrons. The van der Waals surface area contributed by atoms with Crippen LogP contribution < -0.4 is 0 Å². The Morgan fingerprint density at radius 1 is 1.12 bits per heavy atom. The first-order chi connectivity index (χ1) is 8.17. The molecule has 0 aromatic rings. The molecule has 1 aliphatic rings. The number of nitrogens with zero attached hydrogens (tertiary/aromatic N) is 2.